The molecule has 0 aromatic heterocycles. The monoisotopic (exact) mass is 333 g/mol. The van der Waals surface area contributed by atoms with E-state index in [9.17, 15) is 4.79 Å². The van der Waals surface area contributed by atoms with Gasteiger partial charge in [-0.15, -0.1) is 0 Å². The Bertz CT molecular complexity index is 571. The lowest BCUT2D eigenvalue weighted by molar-refractivity contribution is -0.126. The van der Waals surface area contributed by atoms with Crippen molar-refractivity contribution < 1.29 is 14.3 Å². The van der Waals surface area contributed by atoms with E-state index in [4.69, 9.17) is 9.47 Å². The lowest BCUT2D eigenvalue weighted by Crippen LogP contribution is -2.47. The predicted octanol–water partition coefficient (Wildman–Crippen LogP) is 0.610. The molecule has 1 saturated heterocycles. The van der Waals surface area contributed by atoms with Gasteiger partial charge in [0, 0.05) is 39.3 Å². The fourth-order valence-corrected chi connectivity index (χ4v) is 3.22. The number of rotatable bonds is 5. The summed E-state index contributed by atoms with van der Waals surface area (Å²) in [6.07, 6.45) is 0.701. The number of methoxy groups -OCH3 is 1. The Labute approximate surface area is 143 Å². The summed E-state index contributed by atoms with van der Waals surface area (Å²) in [5.74, 6) is 1.61. The van der Waals surface area contributed by atoms with E-state index in [1.165, 1.54) is 0 Å². The minimum Gasteiger partial charge on any atom is -0.497 e. The maximum atomic E-state index is 12.4. The van der Waals surface area contributed by atoms with Crippen molar-refractivity contribution in [2.45, 2.75) is 6.42 Å². The third kappa shape index (κ3) is 4.19. The molecule has 1 fully saturated rings. The summed E-state index contributed by atoms with van der Waals surface area (Å²) in [5, 5.41) is 3.06. The fourth-order valence-electron chi connectivity index (χ4n) is 3.22. The van der Waals surface area contributed by atoms with E-state index in [1.54, 1.807) is 7.11 Å². The van der Waals surface area contributed by atoms with E-state index < -0.39 is 0 Å². The molecular weight excluding hydrogens is 306 g/mol. The summed E-state index contributed by atoms with van der Waals surface area (Å²) in [6.45, 7) is 6.41. The Morgan fingerprint density at radius 2 is 2.12 bits per heavy atom. The van der Waals surface area contributed by atoms with Crippen LogP contribution in [-0.2, 0) is 11.2 Å². The minimum atomic E-state index is -0.128. The summed E-state index contributed by atoms with van der Waals surface area (Å²) in [5.41, 5.74) is 1.04. The van der Waals surface area contributed by atoms with Crippen LogP contribution in [0.2, 0.25) is 0 Å². The van der Waals surface area contributed by atoms with Gasteiger partial charge in [0.05, 0.1) is 13.0 Å². The summed E-state index contributed by atoms with van der Waals surface area (Å²) in [4.78, 5) is 17.1. The zero-order valence-corrected chi connectivity index (χ0v) is 14.6. The Morgan fingerprint density at radius 1 is 1.33 bits per heavy atom. The Hall–Kier alpha value is -1.79. The number of amides is 1. The first-order valence-electron chi connectivity index (χ1n) is 8.64. The standard InChI is InChI=1S/C18H27N3O3/c1-20-7-9-21(10-8-20)6-5-19-18(22)15-11-14-12-16(23-2)3-4-17(14)24-13-15/h3-4,12,15H,5-11,13H2,1-2H3,(H,19,22). The molecule has 0 spiro atoms. The van der Waals surface area contributed by atoms with Gasteiger partial charge in [0.1, 0.15) is 18.1 Å². The molecule has 2 aliphatic rings. The minimum absolute atomic E-state index is 0.0811. The molecule has 0 saturated carbocycles. The second-order valence-electron chi connectivity index (χ2n) is 6.62. The van der Waals surface area contributed by atoms with Crippen LogP contribution in [0.15, 0.2) is 18.2 Å². The van der Waals surface area contributed by atoms with Gasteiger partial charge < -0.3 is 19.7 Å². The molecule has 6 heteroatoms. The number of nitrogens with one attached hydrogen (secondary N) is 1. The van der Waals surface area contributed by atoms with Crippen molar-refractivity contribution in [2.24, 2.45) is 5.92 Å². The molecule has 1 atom stereocenters. The smallest absolute Gasteiger partial charge is 0.226 e. The van der Waals surface area contributed by atoms with Crippen molar-refractivity contribution in [3.8, 4) is 11.5 Å². The number of benzene rings is 1. The fraction of sp³-hybridized carbons (Fsp3) is 0.611. The number of fused-ring (bicyclic) bond motifs is 1. The van der Waals surface area contributed by atoms with Crippen LogP contribution in [0.3, 0.4) is 0 Å². The molecule has 1 unspecified atom stereocenters. The summed E-state index contributed by atoms with van der Waals surface area (Å²) in [6, 6.07) is 5.75. The average molecular weight is 333 g/mol. The number of likely N-dealkylation sites (N-methyl/N-ethyl adjacent to an activating group) is 1. The molecule has 1 amide bonds. The number of ether oxygens (including phenoxy) is 2. The van der Waals surface area contributed by atoms with Gasteiger partial charge >= 0.3 is 0 Å². The van der Waals surface area contributed by atoms with Gasteiger partial charge in [-0.2, -0.15) is 0 Å². The summed E-state index contributed by atoms with van der Waals surface area (Å²) < 4.78 is 11.0. The van der Waals surface area contributed by atoms with E-state index in [2.05, 4.69) is 22.2 Å². The zero-order chi connectivity index (χ0) is 16.9. The van der Waals surface area contributed by atoms with Crippen LogP contribution >= 0.6 is 0 Å². The van der Waals surface area contributed by atoms with Gasteiger partial charge in [-0.05, 0) is 37.2 Å². The van der Waals surface area contributed by atoms with Crippen LogP contribution in [0.4, 0.5) is 0 Å². The Kier molecular flexibility index (Phi) is 5.58. The molecular formula is C18H27N3O3. The summed E-state index contributed by atoms with van der Waals surface area (Å²) in [7, 11) is 3.79. The molecule has 0 bridgehead atoms. The molecule has 1 aromatic carbocycles. The zero-order valence-electron chi connectivity index (χ0n) is 14.6. The highest BCUT2D eigenvalue weighted by atomic mass is 16.5. The van der Waals surface area contributed by atoms with Gasteiger partial charge in [-0.25, -0.2) is 0 Å². The van der Waals surface area contributed by atoms with Crippen LogP contribution in [0.1, 0.15) is 5.56 Å². The van der Waals surface area contributed by atoms with Crippen molar-refractivity contribution >= 4 is 5.91 Å². The number of carbonyl (C=O) groups is 1. The van der Waals surface area contributed by atoms with Crippen LogP contribution < -0.4 is 14.8 Å². The number of hydrogen-bond donors (Lipinski definition) is 1. The highest BCUT2D eigenvalue weighted by Gasteiger charge is 2.26. The highest BCUT2D eigenvalue weighted by molar-refractivity contribution is 5.79. The largest absolute Gasteiger partial charge is 0.497 e. The normalized spacial score (nSPS) is 21.7. The molecule has 132 valence electrons. The van der Waals surface area contributed by atoms with Crippen LogP contribution in [0.5, 0.6) is 11.5 Å². The lowest BCUT2D eigenvalue weighted by Gasteiger charge is -2.32. The van der Waals surface area contributed by atoms with Gasteiger partial charge in [0.25, 0.3) is 0 Å². The highest BCUT2D eigenvalue weighted by Crippen LogP contribution is 2.30. The lowest BCUT2D eigenvalue weighted by atomic mass is 9.96. The average Bonchev–Trinajstić information content (AvgIpc) is 2.62. The van der Waals surface area contributed by atoms with Gasteiger partial charge in [-0.3, -0.25) is 9.69 Å². The summed E-state index contributed by atoms with van der Waals surface area (Å²) >= 11 is 0. The Morgan fingerprint density at radius 3 is 2.88 bits per heavy atom. The van der Waals surface area contributed by atoms with Crippen molar-refractivity contribution in [2.75, 3.05) is 60.0 Å². The van der Waals surface area contributed by atoms with Crippen LogP contribution in [0.25, 0.3) is 0 Å². The third-order valence-corrected chi connectivity index (χ3v) is 4.87. The second kappa shape index (κ2) is 7.85. The first-order chi connectivity index (χ1) is 11.7. The van der Waals surface area contributed by atoms with Crippen molar-refractivity contribution in [3.05, 3.63) is 23.8 Å². The number of hydrogen-bond acceptors (Lipinski definition) is 5. The van der Waals surface area contributed by atoms with Crippen LogP contribution in [-0.4, -0.2) is 75.7 Å². The molecule has 0 radical (unpaired) electrons. The molecule has 2 aliphatic heterocycles. The maximum Gasteiger partial charge on any atom is 0.226 e. The van der Waals surface area contributed by atoms with E-state index in [0.717, 1.165) is 49.8 Å². The number of piperazine rings is 1. The number of nitrogens with zero attached hydrogens (tertiary/aromatic N) is 2. The van der Waals surface area contributed by atoms with Crippen molar-refractivity contribution in [1.29, 1.82) is 0 Å². The molecule has 1 N–H and O–H groups in total. The Balaban J connectivity index is 1.45. The quantitative estimate of drug-likeness (QED) is 0.856. The number of carbonyl (C=O) groups excluding carboxylic acids is 1. The third-order valence-electron chi connectivity index (χ3n) is 4.87. The topological polar surface area (TPSA) is 54.0 Å². The van der Waals surface area contributed by atoms with Gasteiger partial charge in [-0.1, -0.05) is 0 Å². The molecule has 1 aromatic rings. The molecule has 24 heavy (non-hydrogen) atoms. The first-order valence-corrected chi connectivity index (χ1v) is 8.64. The SMILES string of the molecule is COc1ccc2c(c1)CC(C(=O)NCCN1CCN(C)CC1)CO2. The van der Waals surface area contributed by atoms with E-state index in [1.807, 2.05) is 18.2 Å². The maximum absolute atomic E-state index is 12.4. The molecule has 6 nitrogen and oxygen atoms in total. The van der Waals surface area contributed by atoms with E-state index in [0.29, 0.717) is 19.6 Å². The molecule has 3 rings (SSSR count). The van der Waals surface area contributed by atoms with E-state index in [-0.39, 0.29) is 11.8 Å². The van der Waals surface area contributed by atoms with Crippen molar-refractivity contribution in [1.82, 2.24) is 15.1 Å². The van der Waals surface area contributed by atoms with Crippen molar-refractivity contribution in [3.63, 3.8) is 0 Å². The predicted molar refractivity (Wildman–Crippen MR) is 92.6 cm³/mol. The second-order valence-corrected chi connectivity index (χ2v) is 6.62. The van der Waals surface area contributed by atoms with Gasteiger partial charge in [0.2, 0.25) is 5.91 Å². The van der Waals surface area contributed by atoms with Gasteiger partial charge in [0.15, 0.2) is 0 Å². The van der Waals surface area contributed by atoms with Crippen LogP contribution in [0, 0.1) is 5.92 Å². The van der Waals surface area contributed by atoms with E-state index >= 15 is 0 Å². The first kappa shape index (κ1) is 17.0. The molecule has 0 aliphatic carbocycles. The molecule has 2 heterocycles.